The Labute approximate surface area is 177 Å². The van der Waals surface area contributed by atoms with Crippen molar-refractivity contribution >= 4 is 11.6 Å². The summed E-state index contributed by atoms with van der Waals surface area (Å²) < 4.78 is 11.4. The highest BCUT2D eigenvalue weighted by molar-refractivity contribution is 5.97. The van der Waals surface area contributed by atoms with E-state index < -0.39 is 5.60 Å². The highest BCUT2D eigenvalue weighted by Crippen LogP contribution is 2.23. The molecule has 2 rings (SSSR count). The molecule has 1 aliphatic rings. The fraction of sp³-hybridized carbons (Fsp3) is 0.708. The Morgan fingerprint density at radius 1 is 1.17 bits per heavy atom. The SMILES string of the molecule is CCCCCC(C)(OC)C(=O)Nc1ccc(OCCN2CC(C)CC(C)C2)cc1. The van der Waals surface area contributed by atoms with Crippen molar-refractivity contribution in [2.45, 2.75) is 65.4 Å². The van der Waals surface area contributed by atoms with E-state index in [1.54, 1.807) is 7.11 Å². The molecule has 5 heteroatoms. The Morgan fingerprint density at radius 3 is 2.41 bits per heavy atom. The summed E-state index contributed by atoms with van der Waals surface area (Å²) in [6, 6.07) is 7.61. The molecular weight excluding hydrogens is 364 g/mol. The van der Waals surface area contributed by atoms with Crippen LogP contribution in [0, 0.1) is 11.8 Å². The van der Waals surface area contributed by atoms with Crippen molar-refractivity contribution in [2.24, 2.45) is 11.8 Å². The number of nitrogens with zero attached hydrogens (tertiary/aromatic N) is 1. The Morgan fingerprint density at radius 2 is 1.83 bits per heavy atom. The number of piperidine rings is 1. The molecule has 0 saturated carbocycles. The van der Waals surface area contributed by atoms with Crippen LogP contribution in [0.1, 0.15) is 59.8 Å². The van der Waals surface area contributed by atoms with Gasteiger partial charge in [-0.05, 0) is 55.9 Å². The first-order chi connectivity index (χ1) is 13.9. The number of anilines is 1. The third-order valence-electron chi connectivity index (χ3n) is 5.92. The van der Waals surface area contributed by atoms with Crippen LogP contribution < -0.4 is 10.1 Å². The summed E-state index contributed by atoms with van der Waals surface area (Å²) in [6.45, 7) is 12.6. The molecule has 1 heterocycles. The molecule has 0 aromatic heterocycles. The van der Waals surface area contributed by atoms with Gasteiger partial charge in [-0.2, -0.15) is 0 Å². The predicted octanol–water partition coefficient (Wildman–Crippen LogP) is 4.97. The van der Waals surface area contributed by atoms with Crippen molar-refractivity contribution in [1.82, 2.24) is 4.90 Å². The Bertz CT molecular complexity index is 609. The molecule has 1 aliphatic heterocycles. The van der Waals surface area contributed by atoms with E-state index in [9.17, 15) is 4.79 Å². The summed E-state index contributed by atoms with van der Waals surface area (Å²) in [5, 5.41) is 2.98. The summed E-state index contributed by atoms with van der Waals surface area (Å²) in [7, 11) is 1.60. The topological polar surface area (TPSA) is 50.8 Å². The van der Waals surface area contributed by atoms with Crippen LogP contribution in [0.5, 0.6) is 5.75 Å². The molecular formula is C24H40N2O3. The average molecular weight is 405 g/mol. The summed E-state index contributed by atoms with van der Waals surface area (Å²) in [4.78, 5) is 15.2. The normalized spacial score (nSPS) is 22.1. The number of hydrogen-bond acceptors (Lipinski definition) is 4. The second-order valence-electron chi connectivity index (χ2n) is 8.92. The number of ether oxygens (including phenoxy) is 2. The van der Waals surface area contributed by atoms with Crippen molar-refractivity contribution in [3.63, 3.8) is 0 Å². The number of benzene rings is 1. The quantitative estimate of drug-likeness (QED) is 0.529. The molecule has 1 amide bonds. The van der Waals surface area contributed by atoms with Crippen molar-refractivity contribution in [3.05, 3.63) is 24.3 Å². The van der Waals surface area contributed by atoms with Crippen molar-refractivity contribution < 1.29 is 14.3 Å². The van der Waals surface area contributed by atoms with Crippen molar-refractivity contribution in [3.8, 4) is 5.75 Å². The van der Waals surface area contributed by atoms with Gasteiger partial charge in [0.1, 0.15) is 18.0 Å². The van der Waals surface area contributed by atoms with Crippen LogP contribution in [0.25, 0.3) is 0 Å². The molecule has 1 fully saturated rings. The van der Waals surface area contributed by atoms with Crippen LogP contribution in [0.3, 0.4) is 0 Å². The van der Waals surface area contributed by atoms with Gasteiger partial charge in [0.2, 0.25) is 0 Å². The Balaban J connectivity index is 1.79. The van der Waals surface area contributed by atoms with Crippen molar-refractivity contribution in [2.75, 3.05) is 38.7 Å². The second kappa shape index (κ2) is 11.6. The fourth-order valence-corrected chi connectivity index (χ4v) is 4.19. The highest BCUT2D eigenvalue weighted by Gasteiger charge is 2.32. The molecule has 1 aromatic rings. The molecule has 0 spiro atoms. The first-order valence-corrected chi connectivity index (χ1v) is 11.2. The minimum atomic E-state index is -0.799. The fourth-order valence-electron chi connectivity index (χ4n) is 4.19. The number of rotatable bonds is 11. The third-order valence-corrected chi connectivity index (χ3v) is 5.92. The van der Waals surface area contributed by atoms with Gasteiger partial charge in [-0.25, -0.2) is 0 Å². The van der Waals surface area contributed by atoms with E-state index in [1.165, 1.54) is 6.42 Å². The van der Waals surface area contributed by atoms with E-state index in [2.05, 4.69) is 31.0 Å². The van der Waals surface area contributed by atoms with Crippen LogP contribution in [0.4, 0.5) is 5.69 Å². The van der Waals surface area contributed by atoms with Gasteiger partial charge in [0.25, 0.3) is 5.91 Å². The van der Waals surface area contributed by atoms with E-state index in [0.29, 0.717) is 6.61 Å². The first kappa shape index (κ1) is 23.7. The lowest BCUT2D eigenvalue weighted by molar-refractivity contribution is -0.136. The molecule has 3 atom stereocenters. The predicted molar refractivity (Wildman–Crippen MR) is 120 cm³/mol. The van der Waals surface area contributed by atoms with Gasteiger partial charge in [-0.3, -0.25) is 9.69 Å². The number of methoxy groups -OCH3 is 1. The number of carbonyl (C=O) groups excluding carboxylic acids is 1. The van der Waals surface area contributed by atoms with Crippen LogP contribution >= 0.6 is 0 Å². The van der Waals surface area contributed by atoms with Gasteiger partial charge in [0.05, 0.1) is 0 Å². The van der Waals surface area contributed by atoms with Crippen molar-refractivity contribution in [1.29, 1.82) is 0 Å². The third kappa shape index (κ3) is 7.63. The summed E-state index contributed by atoms with van der Waals surface area (Å²) in [5.41, 5.74) is -0.0349. The molecule has 0 aliphatic carbocycles. The lowest BCUT2D eigenvalue weighted by Gasteiger charge is -2.34. The first-order valence-electron chi connectivity index (χ1n) is 11.2. The maximum atomic E-state index is 12.7. The van der Waals surface area contributed by atoms with Gasteiger partial charge in [0.15, 0.2) is 0 Å². The zero-order valence-corrected chi connectivity index (χ0v) is 19.0. The summed E-state index contributed by atoms with van der Waals surface area (Å²) in [5.74, 6) is 2.26. The average Bonchev–Trinajstić information content (AvgIpc) is 2.68. The molecule has 0 bridgehead atoms. The maximum absolute atomic E-state index is 12.7. The lowest BCUT2D eigenvalue weighted by Crippen LogP contribution is -2.41. The van der Waals surface area contributed by atoms with E-state index in [-0.39, 0.29) is 5.91 Å². The van der Waals surface area contributed by atoms with Gasteiger partial charge in [0, 0.05) is 32.4 Å². The smallest absolute Gasteiger partial charge is 0.256 e. The second-order valence-corrected chi connectivity index (χ2v) is 8.92. The van der Waals surface area contributed by atoms with Gasteiger partial charge in [-0.15, -0.1) is 0 Å². The van der Waals surface area contributed by atoms with Gasteiger partial charge >= 0.3 is 0 Å². The summed E-state index contributed by atoms with van der Waals surface area (Å²) in [6.07, 6.45) is 5.26. The molecule has 1 N–H and O–H groups in total. The molecule has 0 radical (unpaired) electrons. The standard InChI is InChI=1S/C24H40N2O3/c1-6-7-8-13-24(4,28-5)23(27)25-21-9-11-22(12-10-21)29-15-14-26-17-19(2)16-20(3)18-26/h9-12,19-20H,6-8,13-18H2,1-5H3,(H,25,27). The van der Waals surface area contributed by atoms with Gasteiger partial charge < -0.3 is 14.8 Å². The largest absolute Gasteiger partial charge is 0.492 e. The molecule has 5 nitrogen and oxygen atoms in total. The maximum Gasteiger partial charge on any atom is 0.256 e. The zero-order valence-electron chi connectivity index (χ0n) is 19.0. The van der Waals surface area contributed by atoms with E-state index in [4.69, 9.17) is 9.47 Å². The summed E-state index contributed by atoms with van der Waals surface area (Å²) >= 11 is 0. The van der Waals surface area contributed by atoms with E-state index >= 15 is 0 Å². The molecule has 29 heavy (non-hydrogen) atoms. The number of nitrogens with one attached hydrogen (secondary N) is 1. The number of hydrogen-bond donors (Lipinski definition) is 1. The lowest BCUT2D eigenvalue weighted by atomic mass is 9.92. The monoisotopic (exact) mass is 404 g/mol. The van der Waals surface area contributed by atoms with Crippen LogP contribution in [-0.2, 0) is 9.53 Å². The van der Waals surface area contributed by atoms with E-state index in [0.717, 1.165) is 68.6 Å². The Hall–Kier alpha value is -1.59. The number of unbranched alkanes of at least 4 members (excludes halogenated alkanes) is 2. The number of amides is 1. The van der Waals surface area contributed by atoms with Crippen LogP contribution in [0.2, 0.25) is 0 Å². The van der Waals surface area contributed by atoms with Gasteiger partial charge in [-0.1, -0.05) is 40.0 Å². The van der Waals surface area contributed by atoms with Crippen LogP contribution in [-0.4, -0.2) is 49.8 Å². The molecule has 1 saturated heterocycles. The minimum Gasteiger partial charge on any atom is -0.492 e. The molecule has 3 unspecified atom stereocenters. The Kier molecular flexibility index (Phi) is 9.44. The zero-order chi connectivity index (χ0) is 21.3. The highest BCUT2D eigenvalue weighted by atomic mass is 16.5. The minimum absolute atomic E-state index is 0.0990. The molecule has 164 valence electrons. The number of carbonyl (C=O) groups is 1. The number of likely N-dealkylation sites (tertiary alicyclic amines) is 1. The van der Waals surface area contributed by atoms with Crippen LogP contribution in [0.15, 0.2) is 24.3 Å². The van der Waals surface area contributed by atoms with E-state index in [1.807, 2.05) is 31.2 Å². The molecule has 1 aromatic carbocycles.